The fourth-order valence-corrected chi connectivity index (χ4v) is 7.49. The van der Waals surface area contributed by atoms with Crippen molar-refractivity contribution in [2.45, 2.75) is 84.2 Å². The summed E-state index contributed by atoms with van der Waals surface area (Å²) in [4.78, 5) is 56.5. The van der Waals surface area contributed by atoms with E-state index in [4.69, 9.17) is 14.7 Å². The largest absolute Gasteiger partial charge is 0.453 e. The van der Waals surface area contributed by atoms with Crippen LogP contribution in [0.2, 0.25) is 0 Å². The highest BCUT2D eigenvalue weighted by Crippen LogP contribution is 2.37. The first-order chi connectivity index (χ1) is 25.8. The van der Waals surface area contributed by atoms with Gasteiger partial charge in [0, 0.05) is 55.4 Å². The second-order valence-corrected chi connectivity index (χ2v) is 15.3. The standard InChI is InChI=1S/C41H51F2N7O4/c1-24(2)31(21-46-40(53)54-5)39(52)50-20-6-7-34(50)36-44-22-32(47-36)28-12-8-26(9-13-28)27-10-14-29(15-11-27)33-23-45-37(48-33)35(25(3)4)49-38(51)30-16-18-41(42,43)19-17-30/h8-15,22-25,30-31,34-35H,6-7,16-21H2,1-5H3,(H,44,47)(H,45,48)(H,46,53)(H,49,51)/t31-,34-,35-/m0/s1. The molecule has 3 heterocycles. The number of hydrogen-bond acceptors (Lipinski definition) is 6. The zero-order valence-electron chi connectivity index (χ0n) is 31.6. The van der Waals surface area contributed by atoms with E-state index in [1.54, 1.807) is 0 Å². The summed E-state index contributed by atoms with van der Waals surface area (Å²) in [5.74, 6) is -2.19. The van der Waals surface area contributed by atoms with E-state index in [2.05, 4.69) is 32.7 Å². The number of alkyl carbamates (subject to hydrolysis) is 1. The number of likely N-dealkylation sites (tertiary alicyclic amines) is 1. The number of halogens is 2. The number of aromatic amines is 2. The molecule has 3 atom stereocenters. The van der Waals surface area contributed by atoms with Gasteiger partial charge in [-0.15, -0.1) is 0 Å². The molecular weight excluding hydrogens is 692 g/mol. The van der Waals surface area contributed by atoms with Crippen molar-refractivity contribution in [2.75, 3.05) is 20.2 Å². The van der Waals surface area contributed by atoms with Crippen molar-refractivity contribution in [1.29, 1.82) is 0 Å². The lowest BCUT2D eigenvalue weighted by molar-refractivity contribution is -0.138. The highest BCUT2D eigenvalue weighted by Gasteiger charge is 2.39. The molecule has 2 fully saturated rings. The van der Waals surface area contributed by atoms with E-state index < -0.39 is 17.9 Å². The van der Waals surface area contributed by atoms with E-state index in [1.165, 1.54) is 7.11 Å². The van der Waals surface area contributed by atoms with Gasteiger partial charge in [-0.2, -0.15) is 0 Å². The van der Waals surface area contributed by atoms with Gasteiger partial charge in [0.25, 0.3) is 0 Å². The fourth-order valence-electron chi connectivity index (χ4n) is 7.49. The van der Waals surface area contributed by atoms with Gasteiger partial charge < -0.3 is 30.2 Å². The smallest absolute Gasteiger partial charge is 0.406 e. The Hall–Kier alpha value is -5.07. The van der Waals surface area contributed by atoms with E-state index in [9.17, 15) is 23.2 Å². The maximum atomic E-state index is 13.6. The number of amides is 3. The number of carbonyl (C=O) groups is 3. The Labute approximate surface area is 315 Å². The van der Waals surface area contributed by atoms with E-state index in [0.29, 0.717) is 12.4 Å². The first kappa shape index (κ1) is 38.6. The normalized spacial score (nSPS) is 18.5. The lowest BCUT2D eigenvalue weighted by Crippen LogP contribution is -2.43. The zero-order valence-corrected chi connectivity index (χ0v) is 31.6. The van der Waals surface area contributed by atoms with Crippen LogP contribution in [0.1, 0.15) is 90.0 Å². The molecule has 1 saturated heterocycles. The Bertz CT molecular complexity index is 1890. The Morgan fingerprint density at radius 2 is 1.43 bits per heavy atom. The average Bonchev–Trinajstić information content (AvgIpc) is 3.95. The van der Waals surface area contributed by atoms with Crippen LogP contribution in [0.5, 0.6) is 0 Å². The third kappa shape index (κ3) is 8.82. The lowest BCUT2D eigenvalue weighted by atomic mass is 9.86. The molecule has 0 bridgehead atoms. The van der Waals surface area contributed by atoms with Crippen LogP contribution in [0.3, 0.4) is 0 Å². The van der Waals surface area contributed by atoms with E-state index >= 15 is 0 Å². The number of benzene rings is 2. The minimum Gasteiger partial charge on any atom is -0.453 e. The number of methoxy groups -OCH3 is 1. The van der Waals surface area contributed by atoms with Crippen LogP contribution in [-0.2, 0) is 14.3 Å². The first-order valence-electron chi connectivity index (χ1n) is 19.0. The van der Waals surface area contributed by atoms with Crippen LogP contribution in [0.25, 0.3) is 33.6 Å². The fraction of sp³-hybridized carbons (Fsp3) is 0.488. The monoisotopic (exact) mass is 743 g/mol. The number of imidazole rings is 2. The summed E-state index contributed by atoms with van der Waals surface area (Å²) < 4.78 is 32.0. The molecule has 0 spiro atoms. The minimum atomic E-state index is -2.68. The SMILES string of the molecule is COC(=O)NC[C@H](C(=O)N1CCC[C@H]1c1nc(-c2ccc(-c3ccc(-c4c[nH]c([C@@H](NC(=O)C5CCC(F)(F)CC5)C(C)C)n4)cc3)cc2)c[nH]1)C(C)C. The first-order valence-corrected chi connectivity index (χ1v) is 19.0. The second-order valence-electron chi connectivity index (χ2n) is 15.3. The summed E-state index contributed by atoms with van der Waals surface area (Å²) >= 11 is 0. The van der Waals surface area contributed by atoms with Crippen LogP contribution in [-0.4, -0.2) is 68.9 Å². The van der Waals surface area contributed by atoms with E-state index in [1.807, 2.05) is 81.4 Å². The summed E-state index contributed by atoms with van der Waals surface area (Å²) in [6.07, 6.45) is 4.71. The van der Waals surface area contributed by atoms with Gasteiger partial charge in [0.2, 0.25) is 17.7 Å². The summed E-state index contributed by atoms with van der Waals surface area (Å²) in [5.41, 5.74) is 5.50. The average molecular weight is 744 g/mol. The zero-order chi connectivity index (χ0) is 38.6. The maximum Gasteiger partial charge on any atom is 0.406 e. The Kier molecular flexibility index (Phi) is 11.8. The second kappa shape index (κ2) is 16.5. The summed E-state index contributed by atoms with van der Waals surface area (Å²) in [5, 5.41) is 5.75. The van der Waals surface area contributed by atoms with Crippen molar-refractivity contribution in [3.63, 3.8) is 0 Å². The van der Waals surface area contributed by atoms with Crippen LogP contribution in [0.15, 0.2) is 60.9 Å². The van der Waals surface area contributed by atoms with E-state index in [0.717, 1.165) is 52.3 Å². The molecule has 1 aliphatic carbocycles. The van der Waals surface area contributed by atoms with Gasteiger partial charge in [-0.1, -0.05) is 76.2 Å². The van der Waals surface area contributed by atoms with Crippen LogP contribution in [0.4, 0.5) is 13.6 Å². The predicted octanol–water partition coefficient (Wildman–Crippen LogP) is 8.06. The lowest BCUT2D eigenvalue weighted by Gasteiger charge is -2.29. The number of nitrogens with zero attached hydrogens (tertiary/aromatic N) is 3. The third-order valence-corrected chi connectivity index (χ3v) is 10.9. The molecule has 1 aliphatic heterocycles. The van der Waals surface area contributed by atoms with Gasteiger partial charge >= 0.3 is 6.09 Å². The van der Waals surface area contributed by atoms with Gasteiger partial charge in [0.1, 0.15) is 11.6 Å². The molecule has 288 valence electrons. The Balaban J connectivity index is 1.08. The van der Waals surface area contributed by atoms with Gasteiger partial charge in [-0.25, -0.2) is 23.5 Å². The molecule has 2 aromatic heterocycles. The maximum absolute atomic E-state index is 13.6. The molecule has 13 heteroatoms. The van der Waals surface area contributed by atoms with E-state index in [-0.39, 0.29) is 73.9 Å². The van der Waals surface area contributed by atoms with Crippen LogP contribution in [0, 0.1) is 23.7 Å². The molecule has 4 aromatic rings. The van der Waals surface area contributed by atoms with Crippen molar-refractivity contribution in [3.05, 3.63) is 72.6 Å². The quantitative estimate of drug-likeness (QED) is 0.116. The van der Waals surface area contributed by atoms with Crippen LogP contribution < -0.4 is 10.6 Å². The van der Waals surface area contributed by atoms with Gasteiger partial charge in [0.05, 0.1) is 36.5 Å². The topological polar surface area (TPSA) is 145 Å². The number of alkyl halides is 2. The molecule has 2 aliphatic rings. The molecule has 3 amide bonds. The summed E-state index contributed by atoms with van der Waals surface area (Å²) in [6.45, 7) is 8.81. The van der Waals surface area contributed by atoms with Crippen molar-refractivity contribution >= 4 is 17.9 Å². The molecule has 2 aromatic carbocycles. The van der Waals surface area contributed by atoms with Crippen molar-refractivity contribution in [2.24, 2.45) is 23.7 Å². The highest BCUT2D eigenvalue weighted by molar-refractivity contribution is 5.81. The number of aromatic nitrogens is 4. The molecular formula is C41H51F2N7O4. The van der Waals surface area contributed by atoms with Crippen LogP contribution >= 0.6 is 0 Å². The number of ether oxygens (including phenoxy) is 1. The Morgan fingerprint density at radius 3 is 2.00 bits per heavy atom. The molecule has 54 heavy (non-hydrogen) atoms. The number of rotatable bonds is 12. The number of hydrogen-bond donors (Lipinski definition) is 4. The molecule has 0 radical (unpaired) electrons. The van der Waals surface area contributed by atoms with Crippen molar-refractivity contribution in [3.8, 4) is 33.6 Å². The molecule has 4 N–H and O–H groups in total. The van der Waals surface area contributed by atoms with Gasteiger partial charge in [0.15, 0.2) is 0 Å². The number of nitrogens with one attached hydrogen (secondary N) is 4. The van der Waals surface area contributed by atoms with Gasteiger partial charge in [-0.3, -0.25) is 9.59 Å². The molecule has 6 rings (SSSR count). The summed E-state index contributed by atoms with van der Waals surface area (Å²) in [7, 11) is 1.31. The highest BCUT2D eigenvalue weighted by atomic mass is 19.3. The molecule has 11 nitrogen and oxygen atoms in total. The van der Waals surface area contributed by atoms with Gasteiger partial charge in [-0.05, 0) is 48.6 Å². The molecule has 0 unspecified atom stereocenters. The van der Waals surface area contributed by atoms with Crippen molar-refractivity contribution < 1.29 is 27.9 Å². The molecule has 1 saturated carbocycles. The summed E-state index contributed by atoms with van der Waals surface area (Å²) in [6, 6.07) is 15.8. The number of carbonyl (C=O) groups excluding carboxylic acids is 3. The third-order valence-electron chi connectivity index (χ3n) is 10.9. The minimum absolute atomic E-state index is 0.00152. The number of H-pyrrole nitrogens is 2. The predicted molar refractivity (Wildman–Crippen MR) is 202 cm³/mol. The Morgan fingerprint density at radius 1 is 0.852 bits per heavy atom. The van der Waals surface area contributed by atoms with Crippen molar-refractivity contribution in [1.82, 2.24) is 35.5 Å².